The predicted octanol–water partition coefficient (Wildman–Crippen LogP) is 1.26. The Balaban J connectivity index is 1.34. The highest BCUT2D eigenvalue weighted by Gasteiger charge is 2.39. The van der Waals surface area contributed by atoms with Crippen LogP contribution in [0.15, 0.2) is 60.8 Å². The van der Waals surface area contributed by atoms with Gasteiger partial charge in [0, 0.05) is 50.9 Å². The van der Waals surface area contributed by atoms with E-state index in [1.54, 1.807) is 10.9 Å². The van der Waals surface area contributed by atoms with Crippen molar-refractivity contribution in [1.29, 1.82) is 0 Å². The lowest BCUT2D eigenvalue weighted by molar-refractivity contribution is -0.150. The van der Waals surface area contributed by atoms with Crippen LogP contribution in [0.2, 0.25) is 0 Å². The molecule has 3 heterocycles. The van der Waals surface area contributed by atoms with Crippen LogP contribution in [-0.2, 0) is 38.7 Å². The summed E-state index contributed by atoms with van der Waals surface area (Å²) in [6.07, 6.45) is 2.40. The van der Waals surface area contributed by atoms with Crippen LogP contribution in [0.4, 0.5) is 4.39 Å². The van der Waals surface area contributed by atoms with E-state index in [9.17, 15) is 28.4 Å². The standard InChI is InChI=1S/C31H34FN7O5/c32-23-10-8-22(9-11-23)27(40)12-13-29(42)37-15-16-39-26(20-37)30(43)33-18-24-19-38(36-35-24)14-4-7-28(41)34-25(31(39)44)17-21-5-2-1-3-6-21/h1-3,5-6,8-11,19,25-26H,4,7,12-18,20H2,(H,33,43)(H,34,41)/t25-,26+/m0/s1. The molecule has 2 aromatic carbocycles. The third-order valence-electron chi connectivity index (χ3n) is 7.79. The van der Waals surface area contributed by atoms with Crippen molar-refractivity contribution in [2.75, 3.05) is 19.6 Å². The van der Waals surface area contributed by atoms with E-state index in [0.717, 1.165) is 5.56 Å². The molecule has 2 N–H and O–H groups in total. The molecule has 4 amide bonds. The number of fused-ring (bicyclic) bond motifs is 3. The number of benzene rings is 2. The van der Waals surface area contributed by atoms with E-state index in [-0.39, 0.29) is 69.5 Å². The number of piperazine rings is 1. The van der Waals surface area contributed by atoms with Crippen LogP contribution >= 0.6 is 0 Å². The first-order valence-corrected chi connectivity index (χ1v) is 14.6. The summed E-state index contributed by atoms with van der Waals surface area (Å²) in [5.41, 5.74) is 1.67. The fraction of sp³-hybridized carbons (Fsp3) is 0.387. The van der Waals surface area contributed by atoms with E-state index in [2.05, 4.69) is 20.9 Å². The van der Waals surface area contributed by atoms with Crippen molar-refractivity contribution in [2.24, 2.45) is 0 Å². The summed E-state index contributed by atoms with van der Waals surface area (Å²) in [6, 6.07) is 12.5. The van der Waals surface area contributed by atoms with Crippen LogP contribution in [0.25, 0.3) is 0 Å². The van der Waals surface area contributed by atoms with Crippen LogP contribution in [-0.4, -0.2) is 85.9 Å². The van der Waals surface area contributed by atoms with Crippen LogP contribution in [0.1, 0.15) is 47.3 Å². The third-order valence-corrected chi connectivity index (χ3v) is 7.79. The number of hydrogen-bond donors (Lipinski definition) is 2. The van der Waals surface area contributed by atoms with Crippen LogP contribution < -0.4 is 10.6 Å². The van der Waals surface area contributed by atoms with Crippen molar-refractivity contribution in [1.82, 2.24) is 35.4 Å². The smallest absolute Gasteiger partial charge is 0.246 e. The van der Waals surface area contributed by atoms with E-state index < -0.39 is 29.7 Å². The number of nitrogens with zero attached hydrogens (tertiary/aromatic N) is 5. The lowest BCUT2D eigenvalue weighted by Crippen LogP contribution is -2.64. The maximum absolute atomic E-state index is 14.0. The van der Waals surface area contributed by atoms with E-state index >= 15 is 0 Å². The normalized spacial score (nSPS) is 19.7. The number of Topliss-reactive ketones (excluding diaryl/α,β-unsaturated/α-hetero) is 1. The Morgan fingerprint density at radius 3 is 2.50 bits per heavy atom. The van der Waals surface area contributed by atoms with Crippen molar-refractivity contribution in [3.63, 3.8) is 0 Å². The molecular weight excluding hydrogens is 569 g/mol. The minimum absolute atomic E-state index is 0.0614. The number of aryl methyl sites for hydroxylation is 1. The number of aromatic nitrogens is 3. The number of nitrogens with one attached hydrogen (secondary N) is 2. The zero-order chi connectivity index (χ0) is 31.1. The van der Waals surface area contributed by atoms with Gasteiger partial charge in [-0.15, -0.1) is 5.10 Å². The van der Waals surface area contributed by atoms with Crippen molar-refractivity contribution >= 4 is 29.4 Å². The van der Waals surface area contributed by atoms with Crippen LogP contribution in [0.3, 0.4) is 0 Å². The van der Waals surface area contributed by atoms with Gasteiger partial charge in [-0.1, -0.05) is 35.5 Å². The molecule has 1 aromatic heterocycles. The second kappa shape index (κ2) is 14.0. The van der Waals surface area contributed by atoms with Crippen molar-refractivity contribution in [3.05, 3.63) is 83.4 Å². The van der Waals surface area contributed by atoms with E-state index in [1.807, 2.05) is 30.3 Å². The SMILES string of the molecule is O=C1CCCn2cc(nn2)CNC(=O)[C@H]2CN(C(=O)CCC(=O)c3ccc(F)cc3)CCN2C(=O)[C@H](Cc2ccccc2)N1. The van der Waals surface area contributed by atoms with Gasteiger partial charge in [0.25, 0.3) is 0 Å². The second-order valence-electron chi connectivity index (χ2n) is 10.9. The van der Waals surface area contributed by atoms with E-state index in [4.69, 9.17) is 0 Å². The maximum Gasteiger partial charge on any atom is 0.246 e. The first-order valence-electron chi connectivity index (χ1n) is 14.6. The molecule has 2 bridgehead atoms. The molecule has 2 aliphatic rings. The fourth-order valence-corrected chi connectivity index (χ4v) is 5.40. The summed E-state index contributed by atoms with van der Waals surface area (Å²) in [7, 11) is 0. The van der Waals surface area contributed by atoms with Gasteiger partial charge in [0.2, 0.25) is 23.6 Å². The van der Waals surface area contributed by atoms with Gasteiger partial charge in [-0.25, -0.2) is 4.39 Å². The number of rotatable bonds is 6. The average Bonchev–Trinajstić information content (AvgIpc) is 3.49. The van der Waals surface area contributed by atoms with E-state index in [0.29, 0.717) is 24.2 Å². The predicted molar refractivity (Wildman–Crippen MR) is 155 cm³/mol. The Morgan fingerprint density at radius 2 is 1.73 bits per heavy atom. The second-order valence-corrected chi connectivity index (χ2v) is 10.9. The first-order chi connectivity index (χ1) is 21.3. The minimum atomic E-state index is -1.04. The monoisotopic (exact) mass is 603 g/mol. The average molecular weight is 604 g/mol. The first kappa shape index (κ1) is 30.5. The number of halogens is 1. The summed E-state index contributed by atoms with van der Waals surface area (Å²) >= 11 is 0. The Bertz CT molecular complexity index is 1510. The highest BCUT2D eigenvalue weighted by atomic mass is 19.1. The Morgan fingerprint density at radius 1 is 0.955 bits per heavy atom. The van der Waals surface area contributed by atoms with Gasteiger partial charge in [0.1, 0.15) is 23.6 Å². The van der Waals surface area contributed by atoms with Gasteiger partial charge in [-0.3, -0.25) is 28.7 Å². The van der Waals surface area contributed by atoms with Crippen molar-refractivity contribution in [2.45, 2.75) is 57.3 Å². The zero-order valence-electron chi connectivity index (χ0n) is 24.2. The van der Waals surface area contributed by atoms with Gasteiger partial charge in [-0.05, 0) is 36.2 Å². The molecule has 1 saturated heterocycles. The molecule has 230 valence electrons. The number of amides is 4. The molecule has 2 atom stereocenters. The summed E-state index contributed by atoms with van der Waals surface area (Å²) in [6.45, 7) is 0.647. The Hall–Kier alpha value is -4.94. The van der Waals surface area contributed by atoms with E-state index in [1.165, 1.54) is 34.1 Å². The molecule has 44 heavy (non-hydrogen) atoms. The molecule has 0 unspecified atom stereocenters. The molecule has 12 nitrogen and oxygen atoms in total. The van der Waals surface area contributed by atoms with Gasteiger partial charge in [0.15, 0.2) is 5.78 Å². The van der Waals surface area contributed by atoms with Crippen molar-refractivity contribution in [3.8, 4) is 0 Å². The lowest BCUT2D eigenvalue weighted by Gasteiger charge is -2.42. The number of carbonyl (C=O) groups excluding carboxylic acids is 5. The molecule has 0 aliphatic carbocycles. The van der Waals surface area contributed by atoms with Gasteiger partial charge >= 0.3 is 0 Å². The molecule has 0 saturated carbocycles. The van der Waals surface area contributed by atoms with Crippen LogP contribution in [0, 0.1) is 5.82 Å². The lowest BCUT2D eigenvalue weighted by atomic mass is 10.0. The van der Waals surface area contributed by atoms with Crippen molar-refractivity contribution < 1.29 is 28.4 Å². The molecule has 3 aromatic rings. The van der Waals surface area contributed by atoms with Gasteiger partial charge in [-0.2, -0.15) is 0 Å². The molecular formula is C31H34FN7O5. The topological polar surface area (TPSA) is 147 Å². The minimum Gasteiger partial charge on any atom is -0.348 e. The highest BCUT2D eigenvalue weighted by Crippen LogP contribution is 2.17. The molecule has 5 rings (SSSR count). The number of hydrogen-bond acceptors (Lipinski definition) is 7. The summed E-state index contributed by atoms with van der Waals surface area (Å²) in [5, 5.41) is 13.8. The molecule has 2 aliphatic heterocycles. The molecule has 1 fully saturated rings. The quantitative estimate of drug-likeness (QED) is 0.404. The van der Waals surface area contributed by atoms with Gasteiger partial charge in [0.05, 0.1) is 19.3 Å². The van der Waals surface area contributed by atoms with Crippen LogP contribution in [0.5, 0.6) is 0 Å². The highest BCUT2D eigenvalue weighted by molar-refractivity contribution is 5.98. The molecule has 0 spiro atoms. The Labute approximate surface area is 253 Å². The fourth-order valence-electron chi connectivity index (χ4n) is 5.40. The molecule has 13 heteroatoms. The number of carbonyl (C=O) groups is 5. The maximum atomic E-state index is 14.0. The largest absolute Gasteiger partial charge is 0.348 e. The summed E-state index contributed by atoms with van der Waals surface area (Å²) in [4.78, 5) is 69.1. The number of ketones is 1. The molecule has 0 radical (unpaired) electrons. The summed E-state index contributed by atoms with van der Waals surface area (Å²) in [5.74, 6) is -2.29. The Kier molecular flexibility index (Phi) is 9.72. The zero-order valence-corrected chi connectivity index (χ0v) is 24.2. The van der Waals surface area contributed by atoms with Gasteiger partial charge < -0.3 is 20.4 Å². The summed E-state index contributed by atoms with van der Waals surface area (Å²) < 4.78 is 14.8. The third kappa shape index (κ3) is 7.71.